The molecule has 0 bridgehead atoms. The Morgan fingerprint density at radius 1 is 0.304 bits per heavy atom. The molecule has 0 atom stereocenters. The number of fused-ring (bicyclic) bond motifs is 5. The first-order valence-electron chi connectivity index (χ1n) is 15.7. The summed E-state index contributed by atoms with van der Waals surface area (Å²) in [5, 5.41) is 5.83. The third-order valence-electron chi connectivity index (χ3n) is 9.05. The number of hydrogen-bond donors (Lipinski definition) is 0. The van der Waals surface area contributed by atoms with Gasteiger partial charge < -0.3 is 0 Å². The Morgan fingerprint density at radius 2 is 0.783 bits per heavy atom. The van der Waals surface area contributed by atoms with Crippen molar-refractivity contribution in [1.29, 1.82) is 0 Å². The van der Waals surface area contributed by atoms with Crippen LogP contribution >= 0.6 is 0 Å². The van der Waals surface area contributed by atoms with Gasteiger partial charge in [-0.05, 0) is 57.5 Å². The minimum atomic E-state index is 0.958. The molecule has 9 aromatic rings. The van der Waals surface area contributed by atoms with E-state index < -0.39 is 0 Å². The summed E-state index contributed by atoms with van der Waals surface area (Å²) in [5.41, 5.74) is 12.2. The van der Waals surface area contributed by atoms with Crippen molar-refractivity contribution in [3.63, 3.8) is 0 Å². The summed E-state index contributed by atoms with van der Waals surface area (Å²) in [6.45, 7) is 0. The lowest BCUT2D eigenvalue weighted by Gasteiger charge is -2.16. The second kappa shape index (κ2) is 10.8. The highest BCUT2D eigenvalue weighted by Gasteiger charge is 2.16. The van der Waals surface area contributed by atoms with E-state index in [0.717, 1.165) is 49.4 Å². The molecule has 0 aliphatic carbocycles. The molecule has 7 aromatic carbocycles. The number of aromatic nitrogens is 2. The summed E-state index contributed by atoms with van der Waals surface area (Å²) in [7, 11) is 0. The van der Waals surface area contributed by atoms with Gasteiger partial charge in [0.1, 0.15) is 0 Å². The van der Waals surface area contributed by atoms with E-state index in [9.17, 15) is 0 Å². The van der Waals surface area contributed by atoms with Crippen molar-refractivity contribution >= 4 is 43.5 Å². The van der Waals surface area contributed by atoms with Gasteiger partial charge in [-0.25, -0.2) is 9.97 Å². The monoisotopic (exact) mass is 584 g/mol. The van der Waals surface area contributed by atoms with Crippen molar-refractivity contribution in [2.75, 3.05) is 0 Å². The fourth-order valence-corrected chi connectivity index (χ4v) is 6.87. The molecule has 0 aliphatic heterocycles. The first kappa shape index (κ1) is 26.3. The summed E-state index contributed by atoms with van der Waals surface area (Å²) >= 11 is 0. The van der Waals surface area contributed by atoms with Gasteiger partial charge in [-0.15, -0.1) is 0 Å². The van der Waals surface area contributed by atoms with Crippen LogP contribution in [-0.4, -0.2) is 9.97 Å². The first-order valence-corrected chi connectivity index (χ1v) is 15.7. The Morgan fingerprint density at radius 3 is 1.39 bits per heavy atom. The lowest BCUT2D eigenvalue weighted by molar-refractivity contribution is 1.41. The number of pyridine rings is 2. The van der Waals surface area contributed by atoms with Crippen LogP contribution in [0.5, 0.6) is 0 Å². The number of para-hydroxylation sites is 2. The van der Waals surface area contributed by atoms with Crippen LogP contribution in [-0.2, 0) is 0 Å². The molecule has 0 radical (unpaired) electrons. The SMILES string of the molecule is c1ccc(-c2cc3c(-c4ccccc4)cc(-c4ccc(-c5c6ccccc6nc6ccccc56)cc4)nc3c3ccccc23)cc1. The summed E-state index contributed by atoms with van der Waals surface area (Å²) in [5.74, 6) is 0. The standard InChI is InChI=1S/C44H28N2/c1-3-13-29(14-4-1)37-27-39-38(30-15-5-2-6-16-30)28-42(46-44(39)34-18-8-7-17-33(34)37)31-23-25-32(26-24-31)43-35-19-9-11-21-40(35)45-41-22-12-10-20-36(41)43/h1-28H. The second-order valence-corrected chi connectivity index (χ2v) is 11.8. The molecule has 9 rings (SSSR count). The molecule has 2 nitrogen and oxygen atoms in total. The summed E-state index contributed by atoms with van der Waals surface area (Å²) in [6, 6.07) is 60.3. The van der Waals surface area contributed by atoms with E-state index in [4.69, 9.17) is 9.97 Å². The van der Waals surface area contributed by atoms with Crippen molar-refractivity contribution in [1.82, 2.24) is 9.97 Å². The smallest absolute Gasteiger partial charge is 0.0794 e. The van der Waals surface area contributed by atoms with Gasteiger partial charge in [0.15, 0.2) is 0 Å². The molecule has 2 aromatic heterocycles. The molecular formula is C44H28N2. The largest absolute Gasteiger partial charge is 0.248 e. The van der Waals surface area contributed by atoms with Crippen LogP contribution in [0.3, 0.4) is 0 Å². The summed E-state index contributed by atoms with van der Waals surface area (Å²) in [4.78, 5) is 10.3. The van der Waals surface area contributed by atoms with Gasteiger partial charge in [0.2, 0.25) is 0 Å². The maximum absolute atomic E-state index is 5.39. The summed E-state index contributed by atoms with van der Waals surface area (Å²) < 4.78 is 0. The highest BCUT2D eigenvalue weighted by atomic mass is 14.7. The summed E-state index contributed by atoms with van der Waals surface area (Å²) in [6.07, 6.45) is 0. The average Bonchev–Trinajstić information content (AvgIpc) is 3.14. The molecule has 214 valence electrons. The zero-order valence-corrected chi connectivity index (χ0v) is 25.1. The molecule has 0 fully saturated rings. The molecule has 46 heavy (non-hydrogen) atoms. The van der Waals surface area contributed by atoms with Crippen LogP contribution in [0.2, 0.25) is 0 Å². The number of benzene rings is 7. The van der Waals surface area contributed by atoms with Crippen molar-refractivity contribution in [3.8, 4) is 44.6 Å². The van der Waals surface area contributed by atoms with E-state index in [1.165, 1.54) is 38.8 Å². The third-order valence-corrected chi connectivity index (χ3v) is 9.05. The minimum absolute atomic E-state index is 0.958. The van der Waals surface area contributed by atoms with Crippen molar-refractivity contribution in [3.05, 3.63) is 170 Å². The zero-order valence-electron chi connectivity index (χ0n) is 25.1. The fourth-order valence-electron chi connectivity index (χ4n) is 6.87. The van der Waals surface area contributed by atoms with E-state index in [1.807, 2.05) is 0 Å². The Hall–Kier alpha value is -6.12. The lowest BCUT2D eigenvalue weighted by atomic mass is 9.90. The average molecular weight is 585 g/mol. The highest BCUT2D eigenvalue weighted by molar-refractivity contribution is 6.16. The van der Waals surface area contributed by atoms with E-state index in [1.54, 1.807) is 0 Å². The minimum Gasteiger partial charge on any atom is -0.248 e. The van der Waals surface area contributed by atoms with Crippen LogP contribution in [0.15, 0.2) is 170 Å². The van der Waals surface area contributed by atoms with Gasteiger partial charge in [-0.2, -0.15) is 0 Å². The van der Waals surface area contributed by atoms with E-state index in [0.29, 0.717) is 0 Å². The molecular weight excluding hydrogens is 556 g/mol. The van der Waals surface area contributed by atoms with Crippen molar-refractivity contribution < 1.29 is 0 Å². The number of rotatable bonds is 4. The third kappa shape index (κ3) is 4.35. The second-order valence-electron chi connectivity index (χ2n) is 11.8. The topological polar surface area (TPSA) is 25.8 Å². The Bertz CT molecular complexity index is 2500. The number of hydrogen-bond acceptors (Lipinski definition) is 2. The quantitative estimate of drug-likeness (QED) is 0.152. The molecule has 0 aliphatic rings. The first-order chi connectivity index (χ1) is 22.8. The van der Waals surface area contributed by atoms with Gasteiger partial charge in [0.05, 0.1) is 22.2 Å². The highest BCUT2D eigenvalue weighted by Crippen LogP contribution is 2.41. The Labute approximate surface area is 267 Å². The van der Waals surface area contributed by atoms with Gasteiger partial charge in [0.25, 0.3) is 0 Å². The van der Waals surface area contributed by atoms with Gasteiger partial charge >= 0.3 is 0 Å². The maximum atomic E-state index is 5.39. The van der Waals surface area contributed by atoms with Gasteiger partial charge in [-0.3, -0.25) is 0 Å². The number of nitrogens with zero attached hydrogens (tertiary/aromatic N) is 2. The predicted molar refractivity (Wildman–Crippen MR) is 194 cm³/mol. The zero-order chi connectivity index (χ0) is 30.5. The van der Waals surface area contributed by atoms with Crippen LogP contribution < -0.4 is 0 Å². The molecule has 0 amide bonds. The molecule has 0 saturated heterocycles. The molecule has 0 spiro atoms. The normalized spacial score (nSPS) is 11.5. The van der Waals surface area contributed by atoms with Crippen LogP contribution in [0.4, 0.5) is 0 Å². The Kier molecular flexibility index (Phi) is 6.17. The van der Waals surface area contributed by atoms with Gasteiger partial charge in [-0.1, -0.05) is 146 Å². The van der Waals surface area contributed by atoms with E-state index in [-0.39, 0.29) is 0 Å². The molecule has 2 heterocycles. The lowest BCUT2D eigenvalue weighted by Crippen LogP contribution is -1.93. The van der Waals surface area contributed by atoms with Crippen LogP contribution in [0.1, 0.15) is 0 Å². The molecule has 0 N–H and O–H groups in total. The van der Waals surface area contributed by atoms with E-state index >= 15 is 0 Å². The van der Waals surface area contributed by atoms with Gasteiger partial charge in [0, 0.05) is 32.7 Å². The Balaban J connectivity index is 1.27. The molecule has 2 heteroatoms. The van der Waals surface area contributed by atoms with Crippen molar-refractivity contribution in [2.45, 2.75) is 0 Å². The van der Waals surface area contributed by atoms with Crippen LogP contribution in [0.25, 0.3) is 88.1 Å². The molecule has 0 saturated carbocycles. The fraction of sp³-hybridized carbons (Fsp3) is 0. The molecule has 0 unspecified atom stereocenters. The van der Waals surface area contributed by atoms with Crippen molar-refractivity contribution in [2.24, 2.45) is 0 Å². The van der Waals surface area contributed by atoms with E-state index in [2.05, 4.69) is 170 Å². The van der Waals surface area contributed by atoms with Crippen LogP contribution in [0, 0.1) is 0 Å². The maximum Gasteiger partial charge on any atom is 0.0794 e. The predicted octanol–water partition coefficient (Wildman–Crippen LogP) is 11.8.